The first-order valence-electron chi connectivity index (χ1n) is 8.98. The Morgan fingerprint density at radius 3 is 2.69 bits per heavy atom. The first-order chi connectivity index (χ1) is 12.6. The summed E-state index contributed by atoms with van der Waals surface area (Å²) in [6, 6.07) is 16.2. The number of benzene rings is 2. The van der Waals surface area contributed by atoms with Crippen molar-refractivity contribution in [3.8, 4) is 0 Å². The van der Waals surface area contributed by atoms with E-state index < -0.39 is 0 Å². The van der Waals surface area contributed by atoms with Crippen LogP contribution in [0.3, 0.4) is 0 Å². The molecule has 1 N–H and O–H groups in total. The molecule has 26 heavy (non-hydrogen) atoms. The fourth-order valence-corrected chi connectivity index (χ4v) is 4.02. The highest BCUT2D eigenvalue weighted by Gasteiger charge is 2.13. The summed E-state index contributed by atoms with van der Waals surface area (Å²) >= 11 is 1.68. The van der Waals surface area contributed by atoms with Gasteiger partial charge in [-0.3, -0.25) is 9.69 Å². The van der Waals surface area contributed by atoms with Crippen molar-refractivity contribution in [1.29, 1.82) is 0 Å². The van der Waals surface area contributed by atoms with Crippen LogP contribution in [-0.4, -0.2) is 29.4 Å². The molecule has 1 atom stereocenters. The summed E-state index contributed by atoms with van der Waals surface area (Å²) in [6.45, 7) is 5.35. The predicted octanol–water partition coefficient (Wildman–Crippen LogP) is 4.88. The summed E-state index contributed by atoms with van der Waals surface area (Å²) in [5, 5.41) is 4.10. The largest absolute Gasteiger partial charge is 0.325 e. The van der Waals surface area contributed by atoms with Crippen LogP contribution >= 0.6 is 11.3 Å². The van der Waals surface area contributed by atoms with Crippen LogP contribution in [-0.2, 0) is 11.3 Å². The fraction of sp³-hybridized carbons (Fsp3) is 0.333. The number of para-hydroxylation sites is 2. The molecule has 0 saturated carbocycles. The number of carbonyl (C=O) groups is 1. The van der Waals surface area contributed by atoms with Crippen LogP contribution in [0, 0.1) is 0 Å². The second kappa shape index (κ2) is 8.43. The summed E-state index contributed by atoms with van der Waals surface area (Å²) in [6.07, 6.45) is 1.05. The summed E-state index contributed by atoms with van der Waals surface area (Å²) in [5.41, 5.74) is 3.13. The molecule has 0 saturated heterocycles. The van der Waals surface area contributed by atoms with Crippen LogP contribution in [0.15, 0.2) is 48.5 Å². The lowest BCUT2D eigenvalue weighted by molar-refractivity contribution is -0.117. The lowest BCUT2D eigenvalue weighted by Crippen LogP contribution is -2.30. The second-order valence-corrected chi connectivity index (χ2v) is 7.81. The Morgan fingerprint density at radius 2 is 1.92 bits per heavy atom. The van der Waals surface area contributed by atoms with E-state index in [1.807, 2.05) is 48.3 Å². The Kier molecular flexibility index (Phi) is 6.01. The van der Waals surface area contributed by atoms with Crippen molar-refractivity contribution in [2.24, 2.45) is 0 Å². The van der Waals surface area contributed by atoms with Crippen molar-refractivity contribution in [1.82, 2.24) is 9.88 Å². The van der Waals surface area contributed by atoms with E-state index in [1.54, 1.807) is 11.3 Å². The van der Waals surface area contributed by atoms with Crippen LogP contribution < -0.4 is 5.32 Å². The van der Waals surface area contributed by atoms with Gasteiger partial charge in [-0.1, -0.05) is 44.2 Å². The lowest BCUT2D eigenvalue weighted by atomic mass is 9.97. The molecule has 2 aromatic carbocycles. The van der Waals surface area contributed by atoms with E-state index in [4.69, 9.17) is 0 Å². The number of carbonyl (C=O) groups excluding carboxylic acids is 1. The number of hydrogen-bond acceptors (Lipinski definition) is 4. The second-order valence-electron chi connectivity index (χ2n) is 6.69. The minimum Gasteiger partial charge on any atom is -0.325 e. The smallest absolute Gasteiger partial charge is 0.238 e. The van der Waals surface area contributed by atoms with E-state index >= 15 is 0 Å². The molecule has 5 heteroatoms. The highest BCUT2D eigenvalue weighted by molar-refractivity contribution is 7.18. The van der Waals surface area contributed by atoms with Gasteiger partial charge in [0, 0.05) is 5.69 Å². The lowest BCUT2D eigenvalue weighted by Gasteiger charge is -2.18. The van der Waals surface area contributed by atoms with E-state index in [-0.39, 0.29) is 5.91 Å². The number of hydrogen-bond donors (Lipinski definition) is 1. The van der Waals surface area contributed by atoms with E-state index in [9.17, 15) is 4.79 Å². The number of amides is 1. The standard InChI is InChI=1S/C21H25N3OS/c1-4-15(2)16-9-5-6-10-17(16)22-20(25)13-24(3)14-21-23-18-11-7-8-12-19(18)26-21/h5-12,15H,4,13-14H2,1-3H3,(H,22,25)/t15-/m1/s1. The van der Waals surface area contributed by atoms with Gasteiger partial charge in [-0.15, -0.1) is 11.3 Å². The van der Waals surface area contributed by atoms with Crippen molar-refractivity contribution < 1.29 is 4.79 Å². The molecule has 0 aliphatic carbocycles. The number of likely N-dealkylation sites (N-methyl/N-ethyl adjacent to an activating group) is 1. The highest BCUT2D eigenvalue weighted by atomic mass is 32.1. The quantitative estimate of drug-likeness (QED) is 0.647. The van der Waals surface area contributed by atoms with Crippen molar-refractivity contribution in [2.45, 2.75) is 32.7 Å². The number of nitrogens with one attached hydrogen (secondary N) is 1. The molecular weight excluding hydrogens is 342 g/mol. The van der Waals surface area contributed by atoms with Gasteiger partial charge in [-0.05, 0) is 43.1 Å². The topological polar surface area (TPSA) is 45.2 Å². The maximum atomic E-state index is 12.5. The monoisotopic (exact) mass is 367 g/mol. The van der Waals surface area contributed by atoms with E-state index in [0.717, 1.165) is 22.6 Å². The van der Waals surface area contributed by atoms with Gasteiger partial charge in [0.1, 0.15) is 5.01 Å². The van der Waals surface area contributed by atoms with E-state index in [0.29, 0.717) is 19.0 Å². The van der Waals surface area contributed by atoms with Crippen LogP contribution in [0.1, 0.15) is 36.8 Å². The Bertz CT molecular complexity index is 857. The molecule has 3 rings (SSSR count). The average Bonchev–Trinajstić information content (AvgIpc) is 3.03. The number of anilines is 1. The molecule has 1 aromatic heterocycles. The molecule has 1 amide bonds. The van der Waals surface area contributed by atoms with Gasteiger partial charge in [-0.25, -0.2) is 4.98 Å². The molecule has 0 aliphatic heterocycles. The third-order valence-electron chi connectivity index (χ3n) is 4.54. The maximum absolute atomic E-state index is 12.5. The Hall–Kier alpha value is -2.24. The maximum Gasteiger partial charge on any atom is 0.238 e. The van der Waals surface area contributed by atoms with E-state index in [2.05, 4.69) is 36.3 Å². The number of thiazole rings is 1. The molecule has 136 valence electrons. The minimum absolute atomic E-state index is 0.00404. The normalized spacial score (nSPS) is 12.5. The van der Waals surface area contributed by atoms with Crippen molar-refractivity contribution >= 4 is 33.1 Å². The van der Waals surface area contributed by atoms with Crippen molar-refractivity contribution in [3.63, 3.8) is 0 Å². The predicted molar refractivity (Wildman–Crippen MR) is 110 cm³/mol. The third-order valence-corrected chi connectivity index (χ3v) is 5.56. The summed E-state index contributed by atoms with van der Waals surface area (Å²) in [5.74, 6) is 0.427. The number of fused-ring (bicyclic) bond motifs is 1. The van der Waals surface area contributed by atoms with Gasteiger partial charge in [0.2, 0.25) is 5.91 Å². The van der Waals surface area contributed by atoms with Gasteiger partial charge in [-0.2, -0.15) is 0 Å². The van der Waals surface area contributed by atoms with Gasteiger partial charge in [0.25, 0.3) is 0 Å². The molecular formula is C21H25N3OS. The van der Waals surface area contributed by atoms with E-state index in [1.165, 1.54) is 10.3 Å². The van der Waals surface area contributed by atoms with Gasteiger partial charge in [0.15, 0.2) is 0 Å². The van der Waals surface area contributed by atoms with Gasteiger partial charge < -0.3 is 5.32 Å². The first-order valence-corrected chi connectivity index (χ1v) is 9.80. The van der Waals surface area contributed by atoms with Crippen LogP contribution in [0.4, 0.5) is 5.69 Å². The Labute approximate surface area is 158 Å². The molecule has 0 radical (unpaired) electrons. The molecule has 4 nitrogen and oxygen atoms in total. The van der Waals surface area contributed by atoms with Crippen LogP contribution in [0.5, 0.6) is 0 Å². The zero-order valence-electron chi connectivity index (χ0n) is 15.5. The number of aromatic nitrogens is 1. The van der Waals surface area contributed by atoms with Gasteiger partial charge >= 0.3 is 0 Å². The zero-order chi connectivity index (χ0) is 18.5. The molecule has 0 unspecified atom stereocenters. The first kappa shape index (κ1) is 18.5. The summed E-state index contributed by atoms with van der Waals surface area (Å²) in [4.78, 5) is 19.1. The van der Waals surface area contributed by atoms with Gasteiger partial charge in [0.05, 0.1) is 23.3 Å². The zero-order valence-corrected chi connectivity index (χ0v) is 16.3. The van der Waals surface area contributed by atoms with Crippen molar-refractivity contribution in [3.05, 3.63) is 59.1 Å². The summed E-state index contributed by atoms with van der Waals surface area (Å²) in [7, 11) is 1.95. The molecule has 0 aliphatic rings. The average molecular weight is 368 g/mol. The molecule has 3 aromatic rings. The summed E-state index contributed by atoms with van der Waals surface area (Å²) < 4.78 is 1.18. The van der Waals surface area contributed by atoms with Crippen LogP contribution in [0.2, 0.25) is 0 Å². The van der Waals surface area contributed by atoms with Crippen molar-refractivity contribution in [2.75, 3.05) is 18.9 Å². The third kappa shape index (κ3) is 4.48. The molecule has 0 spiro atoms. The number of nitrogens with zero attached hydrogens (tertiary/aromatic N) is 2. The minimum atomic E-state index is 0.00404. The molecule has 1 heterocycles. The van der Waals surface area contributed by atoms with Crippen LogP contribution in [0.25, 0.3) is 10.2 Å². The Balaban J connectivity index is 1.61. The fourth-order valence-electron chi connectivity index (χ4n) is 2.97. The molecule has 0 fully saturated rings. The highest BCUT2D eigenvalue weighted by Crippen LogP contribution is 2.26. The SMILES string of the molecule is CC[C@@H](C)c1ccccc1NC(=O)CN(C)Cc1nc2ccccc2s1. The molecule has 0 bridgehead atoms. The number of rotatable bonds is 7. The Morgan fingerprint density at radius 1 is 1.19 bits per heavy atom.